The van der Waals surface area contributed by atoms with E-state index in [2.05, 4.69) is 23.7 Å². The van der Waals surface area contributed by atoms with Gasteiger partial charge in [0.15, 0.2) is 0 Å². The van der Waals surface area contributed by atoms with Crippen LogP contribution in [0.3, 0.4) is 0 Å². The molecule has 0 spiro atoms. The van der Waals surface area contributed by atoms with Crippen molar-refractivity contribution in [3.8, 4) is 11.8 Å². The summed E-state index contributed by atoms with van der Waals surface area (Å²) in [6, 6.07) is 5.02. The van der Waals surface area contributed by atoms with Crippen LogP contribution < -0.4 is 0 Å². The summed E-state index contributed by atoms with van der Waals surface area (Å²) in [5.74, 6) is 6.32. The second kappa shape index (κ2) is 8.17. The third-order valence-electron chi connectivity index (χ3n) is 3.90. The van der Waals surface area contributed by atoms with Gasteiger partial charge >= 0.3 is 0 Å². The first-order valence-electron chi connectivity index (χ1n) is 7.82. The summed E-state index contributed by atoms with van der Waals surface area (Å²) in [4.78, 5) is 2.40. The molecule has 1 N–H and O–H groups in total. The topological polar surface area (TPSA) is 23.5 Å². The van der Waals surface area contributed by atoms with E-state index in [-0.39, 0.29) is 12.4 Å². The van der Waals surface area contributed by atoms with Gasteiger partial charge in [0.25, 0.3) is 0 Å². The molecule has 1 fully saturated rings. The van der Waals surface area contributed by atoms with Gasteiger partial charge in [-0.2, -0.15) is 0 Å². The molecule has 0 bridgehead atoms. The van der Waals surface area contributed by atoms with Crippen molar-refractivity contribution in [3.05, 3.63) is 35.1 Å². The molecule has 21 heavy (non-hydrogen) atoms. The number of hydrogen-bond donors (Lipinski definition) is 1. The molecule has 1 aromatic rings. The molecular formula is C18H24FNO. The van der Waals surface area contributed by atoms with Gasteiger partial charge in [-0.15, -0.1) is 0 Å². The Morgan fingerprint density at radius 2 is 2.24 bits per heavy atom. The van der Waals surface area contributed by atoms with E-state index >= 15 is 0 Å². The highest BCUT2D eigenvalue weighted by molar-refractivity contribution is 5.37. The number of rotatable bonds is 5. The molecular weight excluding hydrogens is 265 g/mol. The Balaban J connectivity index is 1.99. The normalized spacial score (nSPS) is 18.5. The van der Waals surface area contributed by atoms with Gasteiger partial charge in [0.05, 0.1) is 6.61 Å². The SMILES string of the molecule is CCCC1CCN(Cc2cc(F)cc(C#CCCO)c2)C1. The van der Waals surface area contributed by atoms with Crippen LogP contribution in [0.15, 0.2) is 18.2 Å². The zero-order chi connectivity index (χ0) is 15.1. The van der Waals surface area contributed by atoms with Crippen LogP contribution in [0.4, 0.5) is 4.39 Å². The molecule has 1 aromatic carbocycles. The van der Waals surface area contributed by atoms with E-state index in [1.807, 2.05) is 6.07 Å². The fraction of sp³-hybridized carbons (Fsp3) is 0.556. The molecule has 1 heterocycles. The Morgan fingerprint density at radius 3 is 3.00 bits per heavy atom. The van der Waals surface area contributed by atoms with Gasteiger partial charge in [0.1, 0.15) is 5.82 Å². The van der Waals surface area contributed by atoms with Crippen molar-refractivity contribution in [2.75, 3.05) is 19.7 Å². The van der Waals surface area contributed by atoms with E-state index in [1.165, 1.54) is 25.3 Å². The van der Waals surface area contributed by atoms with Crippen LogP contribution in [-0.2, 0) is 6.54 Å². The van der Waals surface area contributed by atoms with Crippen LogP contribution >= 0.6 is 0 Å². The first kappa shape index (κ1) is 16.0. The minimum atomic E-state index is -0.231. The van der Waals surface area contributed by atoms with Crippen LogP contribution in [0.25, 0.3) is 0 Å². The predicted octanol–water partition coefficient (Wildman–Crippen LogP) is 3.18. The summed E-state index contributed by atoms with van der Waals surface area (Å²) in [5.41, 5.74) is 1.68. The Morgan fingerprint density at radius 1 is 1.38 bits per heavy atom. The van der Waals surface area contributed by atoms with Crippen LogP contribution in [-0.4, -0.2) is 29.7 Å². The van der Waals surface area contributed by atoms with Gasteiger partial charge in [0, 0.05) is 25.1 Å². The average Bonchev–Trinajstić information content (AvgIpc) is 2.86. The molecule has 114 valence electrons. The van der Waals surface area contributed by atoms with E-state index in [9.17, 15) is 4.39 Å². The van der Waals surface area contributed by atoms with E-state index < -0.39 is 0 Å². The average molecular weight is 289 g/mol. The fourth-order valence-electron chi connectivity index (χ4n) is 2.99. The number of aliphatic hydroxyl groups is 1. The van der Waals surface area contributed by atoms with Crippen molar-refractivity contribution in [1.82, 2.24) is 4.90 Å². The van der Waals surface area contributed by atoms with Crippen molar-refractivity contribution >= 4 is 0 Å². The molecule has 2 nitrogen and oxygen atoms in total. The monoisotopic (exact) mass is 289 g/mol. The largest absolute Gasteiger partial charge is 0.395 e. The zero-order valence-corrected chi connectivity index (χ0v) is 12.7. The molecule has 1 aliphatic heterocycles. The zero-order valence-electron chi connectivity index (χ0n) is 12.7. The second-order valence-electron chi connectivity index (χ2n) is 5.80. The highest BCUT2D eigenvalue weighted by atomic mass is 19.1. The highest BCUT2D eigenvalue weighted by Gasteiger charge is 2.21. The third kappa shape index (κ3) is 5.15. The molecule has 2 rings (SSSR count). The van der Waals surface area contributed by atoms with E-state index in [4.69, 9.17) is 5.11 Å². The standard InChI is InChI=1S/C18H24FNO/c1-2-5-15-7-8-20(13-15)14-17-10-16(6-3-4-9-21)11-18(19)12-17/h10-12,15,21H,2,4-5,7-9,13-14H2,1H3. The Bertz CT molecular complexity index is 518. The van der Waals surface area contributed by atoms with E-state index in [0.29, 0.717) is 12.0 Å². The molecule has 0 aliphatic carbocycles. The van der Waals surface area contributed by atoms with Gasteiger partial charge < -0.3 is 5.11 Å². The number of likely N-dealkylation sites (tertiary alicyclic amines) is 1. The number of hydrogen-bond acceptors (Lipinski definition) is 2. The minimum absolute atomic E-state index is 0.0434. The number of halogens is 1. The first-order chi connectivity index (χ1) is 10.2. The molecule has 1 aliphatic rings. The van der Waals surface area contributed by atoms with Crippen molar-refractivity contribution in [3.63, 3.8) is 0 Å². The number of aliphatic hydroxyl groups excluding tert-OH is 1. The summed E-state index contributed by atoms with van der Waals surface area (Å²) >= 11 is 0. The van der Waals surface area contributed by atoms with Crippen molar-refractivity contribution in [2.45, 2.75) is 39.2 Å². The Hall–Kier alpha value is -1.37. The van der Waals surface area contributed by atoms with Crippen LogP contribution in [0.5, 0.6) is 0 Å². The lowest BCUT2D eigenvalue weighted by atomic mass is 10.0. The van der Waals surface area contributed by atoms with E-state index in [1.54, 1.807) is 6.07 Å². The lowest BCUT2D eigenvalue weighted by Gasteiger charge is -2.16. The predicted molar refractivity (Wildman–Crippen MR) is 83.3 cm³/mol. The smallest absolute Gasteiger partial charge is 0.124 e. The molecule has 0 radical (unpaired) electrons. The second-order valence-corrected chi connectivity index (χ2v) is 5.80. The molecule has 0 aromatic heterocycles. The maximum absolute atomic E-state index is 13.7. The molecule has 1 atom stereocenters. The Labute approximate surface area is 127 Å². The van der Waals surface area contributed by atoms with Crippen molar-refractivity contribution in [2.24, 2.45) is 5.92 Å². The van der Waals surface area contributed by atoms with Gasteiger partial charge in [-0.3, -0.25) is 4.90 Å². The lowest BCUT2D eigenvalue weighted by molar-refractivity contribution is 0.305. The molecule has 1 saturated heterocycles. The van der Waals surface area contributed by atoms with Gasteiger partial charge in [-0.1, -0.05) is 25.2 Å². The number of nitrogens with zero attached hydrogens (tertiary/aromatic N) is 1. The van der Waals surface area contributed by atoms with Gasteiger partial charge in [0.2, 0.25) is 0 Å². The summed E-state index contributed by atoms with van der Waals surface area (Å²) in [5, 5.41) is 8.73. The maximum Gasteiger partial charge on any atom is 0.124 e. The molecule has 3 heteroatoms. The number of benzene rings is 1. The van der Waals surface area contributed by atoms with Crippen molar-refractivity contribution < 1.29 is 9.50 Å². The summed E-state index contributed by atoms with van der Waals surface area (Å²) in [6.45, 7) is 5.30. The van der Waals surface area contributed by atoms with Gasteiger partial charge in [-0.25, -0.2) is 4.39 Å². The Kier molecular flexibility index (Phi) is 6.22. The van der Waals surface area contributed by atoms with Crippen LogP contribution in [0.2, 0.25) is 0 Å². The highest BCUT2D eigenvalue weighted by Crippen LogP contribution is 2.23. The summed E-state index contributed by atoms with van der Waals surface area (Å²) in [7, 11) is 0. The van der Waals surface area contributed by atoms with Crippen molar-refractivity contribution in [1.29, 1.82) is 0 Å². The van der Waals surface area contributed by atoms with Crippen LogP contribution in [0, 0.1) is 23.6 Å². The van der Waals surface area contributed by atoms with Crippen LogP contribution in [0.1, 0.15) is 43.7 Å². The fourth-order valence-corrected chi connectivity index (χ4v) is 2.99. The summed E-state index contributed by atoms with van der Waals surface area (Å²) < 4.78 is 13.7. The molecule has 0 saturated carbocycles. The van der Waals surface area contributed by atoms with E-state index in [0.717, 1.165) is 31.1 Å². The summed E-state index contributed by atoms with van der Waals surface area (Å²) in [6.07, 6.45) is 4.21. The minimum Gasteiger partial charge on any atom is -0.395 e. The maximum atomic E-state index is 13.7. The lowest BCUT2D eigenvalue weighted by Crippen LogP contribution is -2.20. The molecule has 0 amide bonds. The molecule has 1 unspecified atom stereocenters. The quantitative estimate of drug-likeness (QED) is 0.842. The van der Waals surface area contributed by atoms with Gasteiger partial charge in [-0.05, 0) is 49.1 Å². The third-order valence-corrected chi connectivity index (χ3v) is 3.90. The first-order valence-corrected chi connectivity index (χ1v) is 7.82.